The number of halogens is 2. The quantitative estimate of drug-likeness (QED) is 0.786. The molecule has 1 N–H and O–H groups in total. The van der Waals surface area contributed by atoms with Crippen LogP contribution < -0.4 is 10.1 Å². The second-order valence-electron chi connectivity index (χ2n) is 4.32. The van der Waals surface area contributed by atoms with Gasteiger partial charge in [-0.05, 0) is 46.2 Å². The van der Waals surface area contributed by atoms with Crippen LogP contribution in [0, 0.1) is 0 Å². The van der Waals surface area contributed by atoms with E-state index < -0.39 is 0 Å². The topological polar surface area (TPSA) is 34.2 Å². The van der Waals surface area contributed by atoms with Gasteiger partial charge in [0.1, 0.15) is 6.61 Å². The Balaban J connectivity index is 2.08. The largest absolute Gasteiger partial charge is 0.473 e. The summed E-state index contributed by atoms with van der Waals surface area (Å²) in [7, 11) is 0. The van der Waals surface area contributed by atoms with Crippen molar-refractivity contribution in [2.45, 2.75) is 20.1 Å². The molecule has 2 rings (SSSR count). The minimum Gasteiger partial charge on any atom is -0.473 e. The fourth-order valence-corrected chi connectivity index (χ4v) is 2.59. The van der Waals surface area contributed by atoms with Crippen molar-refractivity contribution in [1.82, 2.24) is 10.3 Å². The molecule has 0 saturated carbocycles. The van der Waals surface area contributed by atoms with Gasteiger partial charge in [0.15, 0.2) is 0 Å². The molecule has 3 nitrogen and oxygen atoms in total. The third-order valence-electron chi connectivity index (χ3n) is 2.72. The van der Waals surface area contributed by atoms with Gasteiger partial charge in [-0.3, -0.25) is 0 Å². The van der Waals surface area contributed by atoms with Crippen molar-refractivity contribution in [1.29, 1.82) is 0 Å². The molecule has 106 valence electrons. The molecule has 0 radical (unpaired) electrons. The Kier molecular flexibility index (Phi) is 6.01. The molecule has 1 aromatic heterocycles. The Labute approximate surface area is 136 Å². The lowest BCUT2D eigenvalue weighted by molar-refractivity contribution is 0.289. The van der Waals surface area contributed by atoms with E-state index in [9.17, 15) is 0 Å². The SMILES string of the molecule is CCNCc1cc(Br)cnc1OCc1cccc(Br)c1. The summed E-state index contributed by atoms with van der Waals surface area (Å²) in [6.07, 6.45) is 1.76. The second kappa shape index (κ2) is 7.76. The van der Waals surface area contributed by atoms with Crippen LogP contribution in [0.15, 0.2) is 45.5 Å². The Hall–Kier alpha value is -0.910. The average Bonchev–Trinajstić information content (AvgIpc) is 2.44. The molecule has 5 heteroatoms. The van der Waals surface area contributed by atoms with Gasteiger partial charge in [0.05, 0.1) is 0 Å². The summed E-state index contributed by atoms with van der Waals surface area (Å²) in [6, 6.07) is 10.1. The fraction of sp³-hybridized carbons (Fsp3) is 0.267. The summed E-state index contributed by atoms with van der Waals surface area (Å²) in [5, 5.41) is 3.29. The van der Waals surface area contributed by atoms with Crippen LogP contribution in [0.2, 0.25) is 0 Å². The van der Waals surface area contributed by atoms with Crippen molar-refractivity contribution in [2.75, 3.05) is 6.54 Å². The van der Waals surface area contributed by atoms with Gasteiger partial charge in [-0.1, -0.05) is 35.0 Å². The maximum absolute atomic E-state index is 5.84. The van der Waals surface area contributed by atoms with E-state index in [2.05, 4.69) is 49.1 Å². The molecular weight excluding hydrogens is 384 g/mol. The molecule has 0 fully saturated rings. The van der Waals surface area contributed by atoms with E-state index >= 15 is 0 Å². The predicted octanol–water partition coefficient (Wildman–Crippen LogP) is 4.30. The van der Waals surface area contributed by atoms with E-state index in [-0.39, 0.29) is 0 Å². The molecule has 0 spiro atoms. The lowest BCUT2D eigenvalue weighted by Gasteiger charge is -2.11. The number of nitrogens with zero attached hydrogens (tertiary/aromatic N) is 1. The highest BCUT2D eigenvalue weighted by molar-refractivity contribution is 9.10. The third-order valence-corrected chi connectivity index (χ3v) is 3.65. The molecule has 2 aromatic rings. The van der Waals surface area contributed by atoms with Crippen LogP contribution >= 0.6 is 31.9 Å². The van der Waals surface area contributed by atoms with E-state index in [0.717, 1.165) is 33.2 Å². The van der Waals surface area contributed by atoms with Gasteiger partial charge >= 0.3 is 0 Å². The summed E-state index contributed by atoms with van der Waals surface area (Å²) in [5.74, 6) is 0.675. The molecule has 0 unspecified atom stereocenters. The average molecular weight is 400 g/mol. The Bertz CT molecular complexity index is 576. The second-order valence-corrected chi connectivity index (χ2v) is 6.15. The van der Waals surface area contributed by atoms with Gasteiger partial charge in [0.2, 0.25) is 5.88 Å². The number of pyridine rings is 1. The van der Waals surface area contributed by atoms with Gasteiger partial charge < -0.3 is 10.1 Å². The molecule has 0 bridgehead atoms. The molecule has 0 aliphatic carbocycles. The van der Waals surface area contributed by atoms with Crippen molar-refractivity contribution in [3.63, 3.8) is 0 Å². The van der Waals surface area contributed by atoms with E-state index in [0.29, 0.717) is 12.5 Å². The van der Waals surface area contributed by atoms with Crippen molar-refractivity contribution >= 4 is 31.9 Å². The summed E-state index contributed by atoms with van der Waals surface area (Å²) in [5.41, 5.74) is 2.16. The molecule has 0 aliphatic rings. The minimum absolute atomic E-state index is 0.507. The number of hydrogen-bond donors (Lipinski definition) is 1. The van der Waals surface area contributed by atoms with E-state index in [1.54, 1.807) is 6.20 Å². The lowest BCUT2D eigenvalue weighted by atomic mass is 10.2. The number of rotatable bonds is 6. The number of ether oxygens (including phenoxy) is 1. The maximum atomic E-state index is 5.84. The Morgan fingerprint density at radius 1 is 1.20 bits per heavy atom. The summed E-state index contributed by atoms with van der Waals surface area (Å²) in [6.45, 7) is 4.25. The van der Waals surface area contributed by atoms with Crippen molar-refractivity contribution in [3.8, 4) is 5.88 Å². The smallest absolute Gasteiger partial charge is 0.218 e. The standard InChI is InChI=1S/C15H16Br2N2O/c1-2-18-8-12-7-14(17)9-19-15(12)20-10-11-4-3-5-13(16)6-11/h3-7,9,18H,2,8,10H2,1H3. The molecule has 0 aliphatic heterocycles. The summed E-state index contributed by atoms with van der Waals surface area (Å²) >= 11 is 6.90. The van der Waals surface area contributed by atoms with E-state index in [1.165, 1.54) is 0 Å². The first kappa shape index (κ1) is 15.5. The van der Waals surface area contributed by atoms with Crippen molar-refractivity contribution in [2.24, 2.45) is 0 Å². The minimum atomic E-state index is 0.507. The normalized spacial score (nSPS) is 10.6. The zero-order valence-electron chi connectivity index (χ0n) is 11.2. The van der Waals surface area contributed by atoms with Gasteiger partial charge in [0, 0.05) is 27.3 Å². The maximum Gasteiger partial charge on any atom is 0.218 e. The van der Waals surface area contributed by atoms with Crippen LogP contribution in [0.5, 0.6) is 5.88 Å². The third kappa shape index (κ3) is 4.58. The molecule has 20 heavy (non-hydrogen) atoms. The van der Waals surface area contributed by atoms with Gasteiger partial charge in [-0.15, -0.1) is 0 Å². The first-order valence-electron chi connectivity index (χ1n) is 6.41. The Morgan fingerprint density at radius 2 is 2.05 bits per heavy atom. The first-order valence-corrected chi connectivity index (χ1v) is 8.00. The van der Waals surface area contributed by atoms with Crippen LogP contribution in [0.25, 0.3) is 0 Å². The summed E-state index contributed by atoms with van der Waals surface area (Å²) < 4.78 is 7.85. The molecule has 1 aromatic carbocycles. The number of hydrogen-bond acceptors (Lipinski definition) is 3. The fourth-order valence-electron chi connectivity index (χ4n) is 1.76. The monoisotopic (exact) mass is 398 g/mol. The first-order chi connectivity index (χ1) is 9.69. The van der Waals surface area contributed by atoms with Crippen LogP contribution in [0.1, 0.15) is 18.1 Å². The highest BCUT2D eigenvalue weighted by Gasteiger charge is 2.06. The molecule has 0 amide bonds. The zero-order valence-corrected chi connectivity index (χ0v) is 14.4. The van der Waals surface area contributed by atoms with Crippen LogP contribution in [-0.2, 0) is 13.2 Å². The van der Waals surface area contributed by atoms with Gasteiger partial charge in [0.25, 0.3) is 0 Å². The number of aromatic nitrogens is 1. The zero-order chi connectivity index (χ0) is 14.4. The predicted molar refractivity (Wildman–Crippen MR) is 87.8 cm³/mol. The van der Waals surface area contributed by atoms with Crippen LogP contribution in [0.3, 0.4) is 0 Å². The number of nitrogens with one attached hydrogen (secondary N) is 1. The van der Waals surface area contributed by atoms with Gasteiger partial charge in [-0.25, -0.2) is 4.98 Å². The van der Waals surface area contributed by atoms with Crippen LogP contribution in [0.4, 0.5) is 0 Å². The number of benzene rings is 1. The van der Waals surface area contributed by atoms with E-state index in [4.69, 9.17) is 4.74 Å². The highest BCUT2D eigenvalue weighted by atomic mass is 79.9. The van der Waals surface area contributed by atoms with E-state index in [1.807, 2.05) is 30.3 Å². The van der Waals surface area contributed by atoms with Crippen molar-refractivity contribution < 1.29 is 4.74 Å². The van der Waals surface area contributed by atoms with Crippen LogP contribution in [-0.4, -0.2) is 11.5 Å². The van der Waals surface area contributed by atoms with Gasteiger partial charge in [-0.2, -0.15) is 0 Å². The lowest BCUT2D eigenvalue weighted by Crippen LogP contribution is -2.13. The molecule has 0 saturated heterocycles. The highest BCUT2D eigenvalue weighted by Crippen LogP contribution is 2.21. The molecule has 1 heterocycles. The Morgan fingerprint density at radius 3 is 2.80 bits per heavy atom. The molecule has 0 atom stereocenters. The molecular formula is C15H16Br2N2O. The van der Waals surface area contributed by atoms with Crippen molar-refractivity contribution in [3.05, 3.63) is 56.6 Å². The summed E-state index contributed by atoms with van der Waals surface area (Å²) in [4.78, 5) is 4.35.